The van der Waals surface area contributed by atoms with Gasteiger partial charge in [-0.3, -0.25) is 10.1 Å². The highest BCUT2D eigenvalue weighted by Crippen LogP contribution is 2.40. The average Bonchev–Trinajstić information content (AvgIpc) is 3.04. The van der Waals surface area contributed by atoms with Gasteiger partial charge in [-0.2, -0.15) is 0 Å². The van der Waals surface area contributed by atoms with E-state index in [1.165, 1.54) is 21.8 Å². The first kappa shape index (κ1) is 13.5. The zero-order valence-corrected chi connectivity index (χ0v) is 13.0. The number of nitrogens with zero attached hydrogens (tertiary/aromatic N) is 1. The number of nitrogens with one attached hydrogen (secondary N) is 1. The first-order valence-corrected chi connectivity index (χ1v) is 8.05. The van der Waals surface area contributed by atoms with Gasteiger partial charge in [-0.25, -0.2) is 4.98 Å². The fraction of sp³-hybridized carbons (Fsp3) is 0.0588. The fourth-order valence-corrected chi connectivity index (χ4v) is 3.84. The molecule has 0 fully saturated rings. The number of anilines is 1. The Morgan fingerprint density at radius 2 is 1.91 bits per heavy atom. The molecule has 2 aromatic carbocycles. The van der Waals surface area contributed by atoms with Crippen molar-refractivity contribution < 1.29 is 4.79 Å². The Morgan fingerprint density at radius 1 is 1.14 bits per heavy atom. The van der Waals surface area contributed by atoms with Crippen LogP contribution < -0.4 is 5.32 Å². The first-order chi connectivity index (χ1) is 10.7. The van der Waals surface area contributed by atoms with E-state index in [0.717, 1.165) is 17.7 Å². The van der Waals surface area contributed by atoms with E-state index >= 15 is 0 Å². The fourth-order valence-electron chi connectivity index (χ4n) is 2.62. The molecule has 0 atom stereocenters. The van der Waals surface area contributed by atoms with E-state index in [4.69, 9.17) is 11.6 Å². The van der Waals surface area contributed by atoms with Gasteiger partial charge < -0.3 is 0 Å². The standard InChI is InChI=1S/C17H11ClN2OS/c18-13-8-4-3-7-12(13)16(21)20-17-19-15-11-6-2-1-5-10(11)9-14(15)22-17/h1-8H,9H2,(H,19,20,21). The molecule has 0 saturated carbocycles. The van der Waals surface area contributed by atoms with Crippen molar-refractivity contribution in [2.24, 2.45) is 0 Å². The van der Waals surface area contributed by atoms with Crippen molar-refractivity contribution in [1.29, 1.82) is 0 Å². The van der Waals surface area contributed by atoms with Crippen LogP contribution in [0.2, 0.25) is 5.02 Å². The first-order valence-electron chi connectivity index (χ1n) is 6.86. The van der Waals surface area contributed by atoms with Crippen LogP contribution in [0.15, 0.2) is 48.5 Å². The highest BCUT2D eigenvalue weighted by Gasteiger charge is 2.23. The van der Waals surface area contributed by atoms with Gasteiger partial charge in [0.25, 0.3) is 5.91 Å². The molecule has 3 nitrogen and oxygen atoms in total. The van der Waals surface area contributed by atoms with Gasteiger partial charge in [0.15, 0.2) is 5.13 Å². The lowest BCUT2D eigenvalue weighted by Gasteiger charge is -2.04. The molecule has 1 heterocycles. The van der Waals surface area contributed by atoms with Crippen LogP contribution in [0.4, 0.5) is 5.13 Å². The lowest BCUT2D eigenvalue weighted by Crippen LogP contribution is -2.12. The maximum Gasteiger partial charge on any atom is 0.258 e. The largest absolute Gasteiger partial charge is 0.298 e. The van der Waals surface area contributed by atoms with Crippen LogP contribution in [0.3, 0.4) is 0 Å². The van der Waals surface area contributed by atoms with Crippen molar-refractivity contribution in [2.45, 2.75) is 6.42 Å². The molecule has 0 aliphatic heterocycles. The van der Waals surface area contributed by atoms with Crippen molar-refractivity contribution in [3.8, 4) is 11.3 Å². The molecule has 0 unspecified atom stereocenters. The van der Waals surface area contributed by atoms with Gasteiger partial charge in [0.2, 0.25) is 0 Å². The monoisotopic (exact) mass is 326 g/mol. The van der Waals surface area contributed by atoms with Crippen LogP contribution in [0.5, 0.6) is 0 Å². The summed E-state index contributed by atoms with van der Waals surface area (Å²) >= 11 is 7.57. The van der Waals surface area contributed by atoms with Gasteiger partial charge in [-0.1, -0.05) is 48.0 Å². The summed E-state index contributed by atoms with van der Waals surface area (Å²) in [6.45, 7) is 0. The van der Waals surface area contributed by atoms with Crippen molar-refractivity contribution in [3.63, 3.8) is 0 Å². The highest BCUT2D eigenvalue weighted by atomic mass is 35.5. The van der Waals surface area contributed by atoms with E-state index in [0.29, 0.717) is 15.7 Å². The quantitative estimate of drug-likeness (QED) is 0.584. The van der Waals surface area contributed by atoms with Gasteiger partial charge in [0, 0.05) is 16.9 Å². The number of rotatable bonds is 2. The van der Waals surface area contributed by atoms with E-state index in [1.54, 1.807) is 24.3 Å². The average molecular weight is 327 g/mol. The van der Waals surface area contributed by atoms with Crippen molar-refractivity contribution >= 4 is 34.0 Å². The van der Waals surface area contributed by atoms with Crippen molar-refractivity contribution in [3.05, 3.63) is 69.6 Å². The number of thiazole rings is 1. The third kappa shape index (κ3) is 2.21. The molecule has 3 aromatic rings. The Morgan fingerprint density at radius 3 is 2.77 bits per heavy atom. The number of hydrogen-bond acceptors (Lipinski definition) is 3. The Balaban J connectivity index is 1.62. The number of benzene rings is 2. The number of carbonyl (C=O) groups is 1. The Kier molecular flexibility index (Phi) is 3.21. The minimum absolute atomic E-state index is 0.230. The molecular weight excluding hydrogens is 316 g/mol. The van der Waals surface area contributed by atoms with E-state index in [-0.39, 0.29) is 5.91 Å². The summed E-state index contributed by atoms with van der Waals surface area (Å²) in [7, 11) is 0. The number of aromatic nitrogens is 1. The summed E-state index contributed by atoms with van der Waals surface area (Å²) in [6.07, 6.45) is 0.880. The van der Waals surface area contributed by atoms with Gasteiger partial charge in [-0.05, 0) is 17.7 Å². The summed E-state index contributed by atoms with van der Waals surface area (Å²) in [5.74, 6) is -0.230. The molecule has 4 rings (SSSR count). The van der Waals surface area contributed by atoms with E-state index in [1.807, 2.05) is 12.1 Å². The predicted octanol–water partition coefficient (Wildman–Crippen LogP) is 4.62. The third-order valence-corrected chi connectivity index (χ3v) is 4.96. The van der Waals surface area contributed by atoms with Crippen LogP contribution in [-0.2, 0) is 6.42 Å². The third-order valence-electron chi connectivity index (χ3n) is 3.66. The minimum atomic E-state index is -0.230. The molecule has 5 heteroatoms. The summed E-state index contributed by atoms with van der Waals surface area (Å²) in [6, 6.07) is 15.2. The summed E-state index contributed by atoms with van der Waals surface area (Å²) in [5, 5.41) is 3.90. The molecule has 0 spiro atoms. The maximum absolute atomic E-state index is 12.3. The Hall–Kier alpha value is -2.17. The summed E-state index contributed by atoms with van der Waals surface area (Å²) < 4.78 is 0. The molecule has 22 heavy (non-hydrogen) atoms. The lowest BCUT2D eigenvalue weighted by atomic mass is 10.1. The Labute approximate surface area is 136 Å². The van der Waals surface area contributed by atoms with Crippen LogP contribution in [-0.4, -0.2) is 10.9 Å². The van der Waals surface area contributed by atoms with E-state index in [2.05, 4.69) is 22.4 Å². The normalized spacial score (nSPS) is 11.9. The number of carbonyl (C=O) groups excluding carboxylic acids is 1. The SMILES string of the molecule is O=C(Nc1nc2c(s1)Cc1ccccc1-2)c1ccccc1Cl. The van der Waals surface area contributed by atoms with Crippen LogP contribution in [0.25, 0.3) is 11.3 Å². The molecule has 1 amide bonds. The smallest absolute Gasteiger partial charge is 0.258 e. The van der Waals surface area contributed by atoms with Crippen molar-refractivity contribution in [1.82, 2.24) is 4.98 Å². The van der Waals surface area contributed by atoms with Gasteiger partial charge in [0.05, 0.1) is 16.3 Å². The molecule has 1 aliphatic carbocycles. The van der Waals surface area contributed by atoms with E-state index in [9.17, 15) is 4.79 Å². The van der Waals surface area contributed by atoms with Crippen molar-refractivity contribution in [2.75, 3.05) is 5.32 Å². The highest BCUT2D eigenvalue weighted by molar-refractivity contribution is 7.16. The number of fused-ring (bicyclic) bond motifs is 3. The number of halogens is 1. The topological polar surface area (TPSA) is 42.0 Å². The summed E-state index contributed by atoms with van der Waals surface area (Å²) in [4.78, 5) is 18.0. The van der Waals surface area contributed by atoms with Gasteiger partial charge in [0.1, 0.15) is 0 Å². The van der Waals surface area contributed by atoms with Gasteiger partial charge >= 0.3 is 0 Å². The zero-order chi connectivity index (χ0) is 15.1. The predicted molar refractivity (Wildman–Crippen MR) is 89.8 cm³/mol. The van der Waals surface area contributed by atoms with Crippen LogP contribution in [0, 0.1) is 0 Å². The molecule has 0 bridgehead atoms. The maximum atomic E-state index is 12.3. The zero-order valence-electron chi connectivity index (χ0n) is 11.5. The second-order valence-electron chi connectivity index (χ2n) is 5.06. The van der Waals surface area contributed by atoms with Gasteiger partial charge in [-0.15, -0.1) is 11.3 Å². The van der Waals surface area contributed by atoms with Crippen LogP contribution >= 0.6 is 22.9 Å². The molecule has 1 aliphatic rings. The lowest BCUT2D eigenvalue weighted by molar-refractivity contribution is 0.102. The second-order valence-corrected chi connectivity index (χ2v) is 6.55. The summed E-state index contributed by atoms with van der Waals surface area (Å²) in [5.41, 5.74) is 3.89. The molecular formula is C17H11ClN2OS. The molecule has 108 valence electrons. The van der Waals surface area contributed by atoms with E-state index < -0.39 is 0 Å². The molecule has 1 aromatic heterocycles. The Bertz CT molecular complexity index is 888. The molecule has 0 saturated heterocycles. The van der Waals surface area contributed by atoms with Crippen LogP contribution in [0.1, 0.15) is 20.8 Å². The molecule has 0 radical (unpaired) electrons. The number of amides is 1. The molecule has 1 N–H and O–H groups in total. The second kappa shape index (κ2) is 5.23. The minimum Gasteiger partial charge on any atom is -0.298 e. The number of hydrogen-bond donors (Lipinski definition) is 1.